The smallest absolute Gasteiger partial charge is 0.414 e. The number of aromatic nitrogens is 4. The summed E-state index contributed by atoms with van der Waals surface area (Å²) in [7, 11) is 0. The zero-order valence-electron chi connectivity index (χ0n) is 18.3. The van der Waals surface area contributed by atoms with Crippen molar-refractivity contribution in [2.45, 2.75) is 37.7 Å². The molecule has 33 heavy (non-hydrogen) atoms. The fraction of sp³-hybridized carbons (Fsp3) is 0.550. The summed E-state index contributed by atoms with van der Waals surface area (Å²) in [5.41, 5.74) is -0.0405. The number of nitrogens with zero attached hydrogens (tertiary/aromatic N) is 6. The lowest BCUT2D eigenvalue weighted by Gasteiger charge is -2.33. The first-order chi connectivity index (χ1) is 15.9. The van der Waals surface area contributed by atoms with Crippen molar-refractivity contribution in [3.8, 4) is 0 Å². The summed E-state index contributed by atoms with van der Waals surface area (Å²) in [6.45, 7) is 2.44. The minimum atomic E-state index is -0.748. The van der Waals surface area contributed by atoms with Gasteiger partial charge in [-0.3, -0.25) is 9.69 Å². The zero-order chi connectivity index (χ0) is 23.5. The molecule has 1 aromatic heterocycles. The molecule has 0 bridgehead atoms. The number of rotatable bonds is 7. The van der Waals surface area contributed by atoms with Crippen LogP contribution in [-0.2, 0) is 15.3 Å². The molecule has 2 aromatic rings. The Morgan fingerprint density at radius 2 is 1.97 bits per heavy atom. The van der Waals surface area contributed by atoms with Crippen molar-refractivity contribution in [2.75, 3.05) is 42.2 Å². The van der Waals surface area contributed by atoms with Crippen LogP contribution < -0.4 is 15.1 Å². The van der Waals surface area contributed by atoms with Crippen molar-refractivity contribution in [1.82, 2.24) is 25.5 Å². The second-order valence-corrected chi connectivity index (χ2v) is 8.85. The first-order valence-corrected chi connectivity index (χ1v) is 12.0. The van der Waals surface area contributed by atoms with Gasteiger partial charge in [0.05, 0.1) is 30.6 Å². The first-order valence-electron chi connectivity index (χ1n) is 10.6. The second-order valence-electron chi connectivity index (χ2n) is 7.99. The highest BCUT2D eigenvalue weighted by atomic mass is 32.2. The van der Waals surface area contributed by atoms with Crippen molar-refractivity contribution in [3.05, 3.63) is 29.6 Å². The van der Waals surface area contributed by atoms with Crippen LogP contribution in [0.15, 0.2) is 12.1 Å². The molecule has 1 N–H and O–H groups in total. The molecule has 0 aliphatic carbocycles. The van der Waals surface area contributed by atoms with Crippen molar-refractivity contribution in [3.63, 3.8) is 0 Å². The Morgan fingerprint density at radius 3 is 2.61 bits per heavy atom. The van der Waals surface area contributed by atoms with Crippen LogP contribution in [-0.4, -0.2) is 70.7 Å². The highest BCUT2D eigenvalue weighted by Gasteiger charge is 2.34. The molecular formula is C20H25F2N7O3S. The summed E-state index contributed by atoms with van der Waals surface area (Å²) in [4.78, 5) is 27.6. The van der Waals surface area contributed by atoms with Gasteiger partial charge in [0.15, 0.2) is 17.5 Å². The van der Waals surface area contributed by atoms with Crippen LogP contribution in [0.5, 0.6) is 0 Å². The average Bonchev–Trinajstić information content (AvgIpc) is 3.39. The quantitative estimate of drug-likeness (QED) is 0.641. The van der Waals surface area contributed by atoms with Gasteiger partial charge in [0, 0.05) is 32.1 Å². The van der Waals surface area contributed by atoms with Gasteiger partial charge in [-0.05, 0) is 24.3 Å². The Kier molecular flexibility index (Phi) is 6.96. The van der Waals surface area contributed by atoms with Crippen LogP contribution in [0.4, 0.5) is 25.0 Å². The topological polar surface area (TPSA) is 105 Å². The summed E-state index contributed by atoms with van der Waals surface area (Å²) in [6, 6.07) is 2.30. The summed E-state index contributed by atoms with van der Waals surface area (Å²) in [6.07, 6.45) is 1.91. The number of ether oxygens (including phenoxy) is 1. The molecule has 1 aromatic carbocycles. The number of halogens is 2. The minimum Gasteiger partial charge on any atom is -0.442 e. The maximum atomic E-state index is 15.0. The Bertz CT molecular complexity index is 1010. The molecule has 0 saturated carbocycles. The number of amides is 2. The van der Waals surface area contributed by atoms with E-state index in [2.05, 4.69) is 20.7 Å². The number of tetrazole rings is 1. The Hall–Kier alpha value is -2.96. The van der Waals surface area contributed by atoms with Crippen LogP contribution in [0.3, 0.4) is 0 Å². The Morgan fingerprint density at radius 1 is 1.27 bits per heavy atom. The number of thioether (sulfide) groups is 1. The SMILES string of the molecule is CSCc1nnn(C2CCN(c3c(F)cc(N4C[C@H](CNC(C)=O)OC4=O)cc3F)CC2)n1. The molecule has 2 saturated heterocycles. The Balaban J connectivity index is 1.41. The van der Waals surface area contributed by atoms with Gasteiger partial charge < -0.3 is 15.0 Å². The van der Waals surface area contributed by atoms with E-state index in [4.69, 9.17) is 4.74 Å². The lowest BCUT2D eigenvalue weighted by molar-refractivity contribution is -0.119. The summed E-state index contributed by atoms with van der Waals surface area (Å²) >= 11 is 1.61. The summed E-state index contributed by atoms with van der Waals surface area (Å²) in [5.74, 6) is -0.405. The molecule has 2 fully saturated rings. The van der Waals surface area contributed by atoms with Gasteiger partial charge in [-0.15, -0.1) is 10.2 Å². The fourth-order valence-electron chi connectivity index (χ4n) is 4.02. The van der Waals surface area contributed by atoms with Crippen LogP contribution in [0.2, 0.25) is 0 Å². The number of benzene rings is 1. The monoisotopic (exact) mass is 481 g/mol. The molecular weight excluding hydrogens is 456 g/mol. The highest BCUT2D eigenvalue weighted by Crippen LogP contribution is 2.33. The van der Waals surface area contributed by atoms with Gasteiger partial charge in [0.1, 0.15) is 11.8 Å². The van der Waals surface area contributed by atoms with E-state index in [0.717, 1.165) is 17.0 Å². The van der Waals surface area contributed by atoms with E-state index < -0.39 is 23.8 Å². The number of piperidine rings is 1. The third-order valence-corrected chi connectivity index (χ3v) is 6.16. The molecule has 2 aliphatic rings. The molecule has 2 aliphatic heterocycles. The molecule has 178 valence electrons. The molecule has 2 amide bonds. The van der Waals surface area contributed by atoms with E-state index in [1.165, 1.54) is 6.92 Å². The van der Waals surface area contributed by atoms with Gasteiger partial charge in [0.25, 0.3) is 0 Å². The Labute approximate surface area is 193 Å². The van der Waals surface area contributed by atoms with Crippen LogP contribution in [0, 0.1) is 11.6 Å². The predicted octanol–water partition coefficient (Wildman–Crippen LogP) is 2.12. The largest absolute Gasteiger partial charge is 0.442 e. The lowest BCUT2D eigenvalue weighted by Crippen LogP contribution is -2.36. The molecule has 1 atom stereocenters. The molecule has 3 heterocycles. The first kappa shape index (κ1) is 23.2. The molecule has 0 unspecified atom stereocenters. The van der Waals surface area contributed by atoms with Crippen LogP contribution >= 0.6 is 11.8 Å². The van der Waals surface area contributed by atoms with Crippen molar-refractivity contribution in [2.24, 2.45) is 0 Å². The number of nitrogens with one attached hydrogen (secondary N) is 1. The second kappa shape index (κ2) is 9.89. The maximum absolute atomic E-state index is 15.0. The number of cyclic esters (lactones) is 1. The van der Waals surface area contributed by atoms with E-state index in [1.54, 1.807) is 21.5 Å². The van der Waals surface area contributed by atoms with E-state index in [1.807, 2.05) is 6.26 Å². The average molecular weight is 482 g/mol. The molecule has 0 spiro atoms. The third-order valence-electron chi connectivity index (χ3n) is 5.62. The molecule has 4 rings (SSSR count). The summed E-state index contributed by atoms with van der Waals surface area (Å²) in [5, 5.41) is 15.1. The van der Waals surface area contributed by atoms with Crippen molar-refractivity contribution < 1.29 is 23.1 Å². The number of hydrogen-bond acceptors (Lipinski definition) is 8. The van der Waals surface area contributed by atoms with Crippen LogP contribution in [0.1, 0.15) is 31.6 Å². The van der Waals surface area contributed by atoms with Crippen molar-refractivity contribution >= 4 is 35.1 Å². The van der Waals surface area contributed by atoms with E-state index in [9.17, 15) is 18.4 Å². The third kappa shape index (κ3) is 5.18. The van der Waals surface area contributed by atoms with Gasteiger partial charge in [-0.25, -0.2) is 13.6 Å². The molecule has 10 nitrogen and oxygen atoms in total. The lowest BCUT2D eigenvalue weighted by atomic mass is 10.0. The number of carbonyl (C=O) groups excluding carboxylic acids is 2. The van der Waals surface area contributed by atoms with Crippen LogP contribution in [0.25, 0.3) is 0 Å². The van der Waals surface area contributed by atoms with Gasteiger partial charge in [-0.1, -0.05) is 0 Å². The summed E-state index contributed by atoms with van der Waals surface area (Å²) < 4.78 is 35.1. The normalized spacial score (nSPS) is 19.2. The molecule has 0 radical (unpaired) electrons. The van der Waals surface area contributed by atoms with Gasteiger partial charge in [-0.2, -0.15) is 16.6 Å². The van der Waals surface area contributed by atoms with E-state index in [-0.39, 0.29) is 36.4 Å². The van der Waals surface area contributed by atoms with Gasteiger partial charge >= 0.3 is 6.09 Å². The zero-order valence-corrected chi connectivity index (χ0v) is 19.1. The van der Waals surface area contributed by atoms with Gasteiger partial charge in [0.2, 0.25) is 5.91 Å². The minimum absolute atomic E-state index is 0.0228. The number of carbonyl (C=O) groups is 2. The standard InChI is InChI=1S/C20H25F2N7O3S/c1-12(30)23-9-15-10-28(20(31)32-15)14-7-16(21)19(17(22)8-14)27-5-3-13(4-6-27)29-25-18(11-33-2)24-26-29/h7-8,13,15H,3-6,9-11H2,1-2H3,(H,23,30)/t15-/m0/s1. The van der Waals surface area contributed by atoms with E-state index in [0.29, 0.717) is 37.5 Å². The predicted molar refractivity (Wildman–Crippen MR) is 118 cm³/mol. The van der Waals surface area contributed by atoms with Crippen molar-refractivity contribution in [1.29, 1.82) is 0 Å². The van der Waals surface area contributed by atoms with E-state index >= 15 is 0 Å². The maximum Gasteiger partial charge on any atom is 0.414 e. The number of hydrogen-bond donors (Lipinski definition) is 1. The highest BCUT2D eigenvalue weighted by molar-refractivity contribution is 7.97. The molecule has 13 heteroatoms. The number of anilines is 2. The fourth-order valence-corrected chi connectivity index (χ4v) is 4.40.